The van der Waals surface area contributed by atoms with Crippen molar-refractivity contribution < 1.29 is 13.9 Å². The Labute approximate surface area is 59.3 Å². The van der Waals surface area contributed by atoms with Crippen molar-refractivity contribution in [1.82, 2.24) is 0 Å². The average molecular weight is 149 g/mol. The summed E-state index contributed by atoms with van der Waals surface area (Å²) in [4.78, 5) is 10.6. The van der Waals surface area contributed by atoms with Gasteiger partial charge in [0.25, 0.3) is 0 Å². The molecular formula is C6H12FNO2. The van der Waals surface area contributed by atoms with E-state index >= 15 is 0 Å². The predicted octanol–water partition coefficient (Wildman–Crippen LogP) is 0.236. The first-order valence-electron chi connectivity index (χ1n) is 3.10. The Morgan fingerprint density at radius 3 is 2.60 bits per heavy atom. The third-order valence-electron chi connectivity index (χ3n) is 1.08. The Hall–Kier alpha value is -0.640. The molecule has 60 valence electrons. The largest absolute Gasteiger partial charge is 0.464 e. The molecule has 0 aromatic carbocycles. The Bertz CT molecular complexity index is 125. The van der Waals surface area contributed by atoms with Gasteiger partial charge in [0.1, 0.15) is 0 Å². The minimum atomic E-state index is -2.03. The standard InChI is InChI=1S/C6H12FNO2/c1-3-10-5(9)6(2,7)4-8/h3-4,8H2,1-2H3. The quantitative estimate of drug-likeness (QED) is 0.584. The summed E-state index contributed by atoms with van der Waals surface area (Å²) in [5.41, 5.74) is 2.93. The van der Waals surface area contributed by atoms with E-state index < -0.39 is 11.6 Å². The third-order valence-corrected chi connectivity index (χ3v) is 1.08. The minimum Gasteiger partial charge on any atom is -0.464 e. The SMILES string of the molecule is CCOC(=O)C(C)(F)CN. The summed E-state index contributed by atoms with van der Waals surface area (Å²) in [5.74, 6) is -0.891. The summed E-state index contributed by atoms with van der Waals surface area (Å²) in [7, 11) is 0. The van der Waals surface area contributed by atoms with Crippen molar-refractivity contribution in [3.05, 3.63) is 0 Å². The molecule has 0 amide bonds. The van der Waals surface area contributed by atoms with Crippen LogP contribution in [-0.4, -0.2) is 24.8 Å². The second-order valence-corrected chi connectivity index (χ2v) is 2.12. The molecule has 0 bridgehead atoms. The van der Waals surface area contributed by atoms with E-state index in [9.17, 15) is 9.18 Å². The maximum Gasteiger partial charge on any atom is 0.344 e. The summed E-state index contributed by atoms with van der Waals surface area (Å²) in [6.45, 7) is 2.56. The number of esters is 1. The molecule has 0 aliphatic carbocycles. The van der Waals surface area contributed by atoms with Gasteiger partial charge in [-0.3, -0.25) is 0 Å². The van der Waals surface area contributed by atoms with Crippen molar-refractivity contribution in [3.63, 3.8) is 0 Å². The maximum absolute atomic E-state index is 12.8. The van der Waals surface area contributed by atoms with Gasteiger partial charge in [-0.05, 0) is 13.8 Å². The second kappa shape index (κ2) is 3.51. The van der Waals surface area contributed by atoms with E-state index in [0.29, 0.717) is 0 Å². The maximum atomic E-state index is 12.8. The summed E-state index contributed by atoms with van der Waals surface area (Å²) in [5, 5.41) is 0. The van der Waals surface area contributed by atoms with Crippen LogP contribution in [0.3, 0.4) is 0 Å². The zero-order chi connectivity index (χ0) is 8.20. The number of hydrogen-bond acceptors (Lipinski definition) is 3. The van der Waals surface area contributed by atoms with Gasteiger partial charge in [0.05, 0.1) is 6.61 Å². The Morgan fingerprint density at radius 1 is 1.80 bits per heavy atom. The molecule has 0 aromatic heterocycles. The molecule has 0 aliphatic heterocycles. The molecule has 0 fully saturated rings. The normalized spacial score (nSPS) is 16.0. The highest BCUT2D eigenvalue weighted by Gasteiger charge is 2.32. The number of rotatable bonds is 3. The van der Waals surface area contributed by atoms with E-state index in [-0.39, 0.29) is 13.2 Å². The number of ether oxygens (including phenoxy) is 1. The van der Waals surface area contributed by atoms with Crippen molar-refractivity contribution in [3.8, 4) is 0 Å². The number of nitrogens with two attached hydrogens (primary N) is 1. The van der Waals surface area contributed by atoms with Crippen molar-refractivity contribution in [2.24, 2.45) is 5.73 Å². The van der Waals surface area contributed by atoms with Crippen LogP contribution >= 0.6 is 0 Å². The molecule has 0 aromatic rings. The molecule has 1 atom stereocenters. The van der Waals surface area contributed by atoms with E-state index in [2.05, 4.69) is 4.74 Å². The molecule has 0 saturated carbocycles. The molecule has 0 heterocycles. The molecule has 4 heteroatoms. The highest BCUT2D eigenvalue weighted by Crippen LogP contribution is 2.09. The van der Waals surface area contributed by atoms with Crippen LogP contribution in [0.4, 0.5) is 4.39 Å². The summed E-state index contributed by atoms with van der Waals surface area (Å²) >= 11 is 0. The lowest BCUT2D eigenvalue weighted by Gasteiger charge is -2.14. The Balaban J connectivity index is 3.91. The van der Waals surface area contributed by atoms with Gasteiger partial charge in [0, 0.05) is 6.54 Å². The van der Waals surface area contributed by atoms with Crippen molar-refractivity contribution in [1.29, 1.82) is 0 Å². The molecule has 0 spiro atoms. The van der Waals surface area contributed by atoms with Crippen molar-refractivity contribution in [2.45, 2.75) is 19.5 Å². The lowest BCUT2D eigenvalue weighted by atomic mass is 10.1. The lowest BCUT2D eigenvalue weighted by Crippen LogP contribution is -2.39. The summed E-state index contributed by atoms with van der Waals surface area (Å²) in [6.07, 6.45) is 0. The Morgan fingerprint density at radius 2 is 2.30 bits per heavy atom. The molecule has 1 unspecified atom stereocenters. The van der Waals surface area contributed by atoms with Crippen LogP contribution in [0.2, 0.25) is 0 Å². The van der Waals surface area contributed by atoms with Gasteiger partial charge in [-0.15, -0.1) is 0 Å². The molecule has 0 radical (unpaired) electrons. The highest BCUT2D eigenvalue weighted by molar-refractivity contribution is 5.79. The van der Waals surface area contributed by atoms with Gasteiger partial charge in [0.15, 0.2) is 0 Å². The molecule has 3 nitrogen and oxygen atoms in total. The van der Waals surface area contributed by atoms with E-state index in [4.69, 9.17) is 5.73 Å². The van der Waals surface area contributed by atoms with Gasteiger partial charge in [0.2, 0.25) is 5.67 Å². The number of carbonyl (C=O) groups is 1. The van der Waals surface area contributed by atoms with Crippen LogP contribution in [0.1, 0.15) is 13.8 Å². The molecule has 0 rings (SSSR count). The van der Waals surface area contributed by atoms with Gasteiger partial charge < -0.3 is 10.5 Å². The van der Waals surface area contributed by atoms with Crippen LogP contribution in [0.5, 0.6) is 0 Å². The molecule has 10 heavy (non-hydrogen) atoms. The van der Waals surface area contributed by atoms with E-state index in [1.54, 1.807) is 6.92 Å². The second-order valence-electron chi connectivity index (χ2n) is 2.12. The number of hydrogen-bond donors (Lipinski definition) is 1. The van der Waals surface area contributed by atoms with Gasteiger partial charge >= 0.3 is 5.97 Å². The van der Waals surface area contributed by atoms with Crippen LogP contribution in [0.15, 0.2) is 0 Å². The fourth-order valence-corrected chi connectivity index (χ4v) is 0.365. The van der Waals surface area contributed by atoms with Gasteiger partial charge in [-0.2, -0.15) is 0 Å². The summed E-state index contributed by atoms with van der Waals surface area (Å²) in [6, 6.07) is 0. The van der Waals surface area contributed by atoms with E-state index in [0.717, 1.165) is 6.92 Å². The molecule has 0 saturated heterocycles. The zero-order valence-electron chi connectivity index (χ0n) is 6.19. The highest BCUT2D eigenvalue weighted by atomic mass is 19.1. The van der Waals surface area contributed by atoms with E-state index in [1.807, 2.05) is 0 Å². The first-order valence-corrected chi connectivity index (χ1v) is 3.10. The molecular weight excluding hydrogens is 137 g/mol. The molecule has 0 aliphatic rings. The third kappa shape index (κ3) is 2.31. The number of halogens is 1. The van der Waals surface area contributed by atoms with Gasteiger partial charge in [-0.1, -0.05) is 0 Å². The van der Waals surface area contributed by atoms with Gasteiger partial charge in [-0.25, -0.2) is 9.18 Å². The number of carbonyl (C=O) groups excluding carboxylic acids is 1. The minimum absolute atomic E-state index is 0.179. The van der Waals surface area contributed by atoms with Crippen LogP contribution < -0.4 is 5.73 Å². The fraction of sp³-hybridized carbons (Fsp3) is 0.833. The first kappa shape index (κ1) is 9.36. The topological polar surface area (TPSA) is 52.3 Å². The van der Waals surface area contributed by atoms with Crippen molar-refractivity contribution >= 4 is 5.97 Å². The van der Waals surface area contributed by atoms with E-state index in [1.165, 1.54) is 0 Å². The monoisotopic (exact) mass is 149 g/mol. The van der Waals surface area contributed by atoms with Crippen molar-refractivity contribution in [2.75, 3.05) is 13.2 Å². The smallest absolute Gasteiger partial charge is 0.344 e. The Kier molecular flexibility index (Phi) is 3.28. The van der Waals surface area contributed by atoms with Crippen LogP contribution in [-0.2, 0) is 9.53 Å². The number of alkyl halides is 1. The lowest BCUT2D eigenvalue weighted by molar-refractivity contribution is -0.155. The zero-order valence-corrected chi connectivity index (χ0v) is 6.19. The first-order chi connectivity index (χ1) is 4.54. The molecule has 2 N–H and O–H groups in total. The van der Waals surface area contributed by atoms with Crippen LogP contribution in [0, 0.1) is 0 Å². The average Bonchev–Trinajstić information content (AvgIpc) is 1.89. The fourth-order valence-electron chi connectivity index (χ4n) is 0.365. The van der Waals surface area contributed by atoms with Crippen LogP contribution in [0.25, 0.3) is 0 Å². The summed E-state index contributed by atoms with van der Waals surface area (Å²) < 4.78 is 17.2. The predicted molar refractivity (Wildman–Crippen MR) is 35.2 cm³/mol.